The molecule has 0 N–H and O–H groups in total. The Bertz CT molecular complexity index is 443. The fraction of sp³-hybridized carbons (Fsp3) is 0.214. The molecule has 0 aliphatic carbocycles. The lowest BCUT2D eigenvalue weighted by Crippen LogP contribution is -1.87. The molecule has 2 rings (SSSR count). The van der Waals surface area contributed by atoms with Crippen molar-refractivity contribution in [1.82, 2.24) is 4.98 Å². The number of rotatable bonds is 4. The Kier molecular flexibility index (Phi) is 3.89. The Morgan fingerprint density at radius 2 is 2.12 bits per heavy atom. The lowest BCUT2D eigenvalue weighted by Gasteiger charge is -2.04. The number of unbranched alkanes of at least 4 members (excludes halogenated alkanes) is 1. The summed E-state index contributed by atoms with van der Waals surface area (Å²) < 4.78 is 0. The van der Waals surface area contributed by atoms with Crippen molar-refractivity contribution in [3.8, 4) is 0 Å². The summed E-state index contributed by atoms with van der Waals surface area (Å²) in [5.41, 5.74) is 5.48. The van der Waals surface area contributed by atoms with E-state index in [4.69, 9.17) is 0 Å². The van der Waals surface area contributed by atoms with E-state index in [-0.39, 0.29) is 0 Å². The highest BCUT2D eigenvalue weighted by molar-refractivity contribution is 7.07. The highest BCUT2D eigenvalue weighted by atomic mass is 32.1. The molecule has 2 heteroatoms. The van der Waals surface area contributed by atoms with Gasteiger partial charge in [-0.2, -0.15) is 0 Å². The van der Waals surface area contributed by atoms with Gasteiger partial charge in [-0.25, -0.2) is 4.98 Å². The first kappa shape index (κ1) is 11.1. The largest absolute Gasteiger partial charge is 0.245 e. The van der Waals surface area contributed by atoms with Gasteiger partial charge in [-0.05, 0) is 12.0 Å². The molecule has 0 radical (unpaired) electrons. The van der Waals surface area contributed by atoms with Crippen LogP contribution in [0.5, 0.6) is 0 Å². The summed E-state index contributed by atoms with van der Waals surface area (Å²) in [5.74, 6) is 0. The average Bonchev–Trinajstić information content (AvgIpc) is 2.85. The SMILES string of the molecule is CCCC=C(c1ccccc1)c1cscn1. The molecular formula is C14H15NS. The molecule has 0 atom stereocenters. The topological polar surface area (TPSA) is 12.9 Å². The normalized spacial score (nSPS) is 11.7. The fourth-order valence-corrected chi connectivity index (χ4v) is 2.17. The zero-order valence-corrected chi connectivity index (χ0v) is 10.2. The lowest BCUT2D eigenvalue weighted by molar-refractivity contribution is 0.959. The maximum Gasteiger partial charge on any atom is 0.0813 e. The van der Waals surface area contributed by atoms with Crippen molar-refractivity contribution in [2.24, 2.45) is 0 Å². The predicted molar refractivity (Wildman–Crippen MR) is 70.5 cm³/mol. The number of aromatic nitrogens is 1. The fourth-order valence-electron chi connectivity index (χ4n) is 1.62. The van der Waals surface area contributed by atoms with Crippen LogP contribution in [0, 0.1) is 0 Å². The third-order valence-electron chi connectivity index (χ3n) is 2.43. The molecule has 0 saturated carbocycles. The van der Waals surface area contributed by atoms with Crippen LogP contribution in [0.3, 0.4) is 0 Å². The molecule has 0 fully saturated rings. The van der Waals surface area contributed by atoms with Crippen LogP contribution in [0.1, 0.15) is 31.0 Å². The molecule has 1 aromatic heterocycles. The summed E-state index contributed by atoms with van der Waals surface area (Å²) in [6.07, 6.45) is 4.55. The molecule has 0 spiro atoms. The second-order valence-corrected chi connectivity index (χ2v) is 4.36. The van der Waals surface area contributed by atoms with Crippen molar-refractivity contribution in [1.29, 1.82) is 0 Å². The number of hydrogen-bond donors (Lipinski definition) is 0. The van der Waals surface area contributed by atoms with Gasteiger partial charge in [0.1, 0.15) is 0 Å². The van der Waals surface area contributed by atoms with E-state index in [2.05, 4.69) is 47.6 Å². The van der Waals surface area contributed by atoms with Crippen molar-refractivity contribution in [3.63, 3.8) is 0 Å². The number of benzene rings is 1. The van der Waals surface area contributed by atoms with Crippen LogP contribution in [0.2, 0.25) is 0 Å². The van der Waals surface area contributed by atoms with Gasteiger partial charge in [0.15, 0.2) is 0 Å². The van der Waals surface area contributed by atoms with Crippen LogP contribution < -0.4 is 0 Å². The summed E-state index contributed by atoms with van der Waals surface area (Å²) in [6, 6.07) is 10.5. The van der Waals surface area contributed by atoms with Crippen LogP contribution in [-0.2, 0) is 0 Å². The molecule has 1 aromatic carbocycles. The minimum Gasteiger partial charge on any atom is -0.245 e. The van der Waals surface area contributed by atoms with E-state index >= 15 is 0 Å². The quantitative estimate of drug-likeness (QED) is 0.758. The summed E-state index contributed by atoms with van der Waals surface area (Å²) in [6.45, 7) is 2.19. The Labute approximate surface area is 100 Å². The Morgan fingerprint density at radius 1 is 1.31 bits per heavy atom. The van der Waals surface area contributed by atoms with Gasteiger partial charge in [-0.1, -0.05) is 49.8 Å². The van der Waals surface area contributed by atoms with Crippen LogP contribution in [-0.4, -0.2) is 4.98 Å². The third-order valence-corrected chi connectivity index (χ3v) is 3.02. The van der Waals surface area contributed by atoms with Crippen LogP contribution in [0.25, 0.3) is 5.57 Å². The Balaban J connectivity index is 2.37. The summed E-state index contributed by atoms with van der Waals surface area (Å²) >= 11 is 1.64. The van der Waals surface area contributed by atoms with E-state index in [0.29, 0.717) is 0 Å². The van der Waals surface area contributed by atoms with Crippen molar-refractivity contribution in [2.45, 2.75) is 19.8 Å². The van der Waals surface area contributed by atoms with E-state index < -0.39 is 0 Å². The molecular weight excluding hydrogens is 214 g/mol. The molecule has 1 heterocycles. The molecule has 16 heavy (non-hydrogen) atoms. The van der Waals surface area contributed by atoms with Gasteiger partial charge in [0.2, 0.25) is 0 Å². The summed E-state index contributed by atoms with van der Waals surface area (Å²) in [4.78, 5) is 4.40. The summed E-state index contributed by atoms with van der Waals surface area (Å²) in [7, 11) is 0. The van der Waals surface area contributed by atoms with Gasteiger partial charge in [0.05, 0.1) is 11.2 Å². The zero-order valence-electron chi connectivity index (χ0n) is 9.39. The molecule has 82 valence electrons. The number of hydrogen-bond acceptors (Lipinski definition) is 2. The highest BCUT2D eigenvalue weighted by Gasteiger charge is 2.05. The van der Waals surface area contributed by atoms with E-state index in [0.717, 1.165) is 12.1 Å². The maximum atomic E-state index is 4.40. The maximum absolute atomic E-state index is 4.40. The monoisotopic (exact) mass is 229 g/mol. The van der Waals surface area contributed by atoms with Crippen LogP contribution >= 0.6 is 11.3 Å². The molecule has 1 nitrogen and oxygen atoms in total. The lowest BCUT2D eigenvalue weighted by atomic mass is 10.0. The smallest absolute Gasteiger partial charge is 0.0813 e. The molecule has 0 saturated heterocycles. The van der Waals surface area contributed by atoms with Gasteiger partial charge in [0.25, 0.3) is 0 Å². The molecule has 0 amide bonds. The highest BCUT2D eigenvalue weighted by Crippen LogP contribution is 2.23. The Morgan fingerprint density at radius 3 is 2.75 bits per heavy atom. The number of thiazole rings is 1. The first-order valence-corrected chi connectivity index (χ1v) is 6.50. The first-order valence-electron chi connectivity index (χ1n) is 5.56. The van der Waals surface area contributed by atoms with E-state index in [1.807, 2.05) is 11.6 Å². The summed E-state index contributed by atoms with van der Waals surface area (Å²) in [5, 5.41) is 2.11. The van der Waals surface area contributed by atoms with Crippen molar-refractivity contribution in [3.05, 3.63) is 58.6 Å². The zero-order chi connectivity index (χ0) is 11.2. The molecule has 2 aromatic rings. The standard InChI is InChI=1S/C14H15NS/c1-2-3-9-13(14-10-16-11-15-14)12-7-5-4-6-8-12/h4-11H,2-3H2,1H3. The molecule has 0 aliphatic heterocycles. The minimum absolute atomic E-state index is 1.09. The number of allylic oxidation sites excluding steroid dienone is 1. The van der Waals surface area contributed by atoms with Gasteiger partial charge in [0, 0.05) is 11.0 Å². The van der Waals surface area contributed by atoms with Gasteiger partial charge in [-0.15, -0.1) is 11.3 Å². The molecule has 0 bridgehead atoms. The number of nitrogens with zero attached hydrogens (tertiary/aromatic N) is 1. The molecule has 0 aliphatic rings. The minimum atomic E-state index is 1.09. The van der Waals surface area contributed by atoms with Gasteiger partial charge >= 0.3 is 0 Å². The second-order valence-electron chi connectivity index (χ2n) is 3.65. The molecule has 0 unspecified atom stereocenters. The van der Waals surface area contributed by atoms with E-state index in [1.165, 1.54) is 17.6 Å². The van der Waals surface area contributed by atoms with Gasteiger partial charge in [-0.3, -0.25) is 0 Å². The third kappa shape index (κ3) is 2.58. The Hall–Kier alpha value is -1.41. The van der Waals surface area contributed by atoms with E-state index in [9.17, 15) is 0 Å². The van der Waals surface area contributed by atoms with E-state index in [1.54, 1.807) is 11.3 Å². The van der Waals surface area contributed by atoms with Crippen LogP contribution in [0.4, 0.5) is 0 Å². The van der Waals surface area contributed by atoms with Crippen LogP contribution in [0.15, 0.2) is 47.3 Å². The first-order chi connectivity index (χ1) is 7.92. The van der Waals surface area contributed by atoms with Crippen molar-refractivity contribution < 1.29 is 0 Å². The van der Waals surface area contributed by atoms with Crippen molar-refractivity contribution >= 4 is 16.9 Å². The van der Waals surface area contributed by atoms with Gasteiger partial charge < -0.3 is 0 Å². The predicted octanol–water partition coefficient (Wildman–Crippen LogP) is 4.37. The second kappa shape index (κ2) is 5.61. The van der Waals surface area contributed by atoms with Crippen molar-refractivity contribution in [2.75, 3.05) is 0 Å². The average molecular weight is 229 g/mol.